The molecule has 0 radical (unpaired) electrons. The second-order valence-corrected chi connectivity index (χ2v) is 4.22. The summed E-state index contributed by atoms with van der Waals surface area (Å²) < 4.78 is 0. The van der Waals surface area contributed by atoms with Crippen LogP contribution in [0.25, 0.3) is 0 Å². The molecule has 0 aliphatic heterocycles. The lowest BCUT2D eigenvalue weighted by Gasteiger charge is -2.08. The monoisotopic (exact) mass is 294 g/mol. The van der Waals surface area contributed by atoms with Crippen molar-refractivity contribution < 1.29 is 5.11 Å². The molecule has 1 aromatic carbocycles. The van der Waals surface area contributed by atoms with E-state index in [-0.39, 0.29) is 30.9 Å². The van der Waals surface area contributed by atoms with Crippen molar-refractivity contribution in [1.29, 1.82) is 0 Å². The summed E-state index contributed by atoms with van der Waals surface area (Å²) in [6.45, 7) is 7.24. The normalized spacial score (nSPS) is 11.3. The lowest BCUT2D eigenvalue weighted by Crippen LogP contribution is -2.31. The van der Waals surface area contributed by atoms with Gasteiger partial charge in [-0.2, -0.15) is 0 Å². The number of aliphatic hydroxyl groups is 1. The zero-order valence-electron chi connectivity index (χ0n) is 11.0. The molecule has 0 fully saturated rings. The Kier molecular flexibility index (Phi) is 13.1. The molecule has 106 valence electrons. The minimum atomic E-state index is -0.267. The Morgan fingerprint density at radius 2 is 1.61 bits per heavy atom. The maximum atomic E-state index is 9.03. The molecule has 0 spiro atoms. The van der Waals surface area contributed by atoms with Crippen LogP contribution in [-0.2, 0) is 6.54 Å². The Balaban J connectivity index is 0. The SMILES string of the molecule is Cc1ccc(CNCCNCC(C)O)cc1.Cl.Cl. The molecule has 0 aliphatic carbocycles. The third-order valence-electron chi connectivity index (χ3n) is 2.37. The van der Waals surface area contributed by atoms with Crippen LogP contribution in [-0.4, -0.2) is 30.8 Å². The van der Waals surface area contributed by atoms with E-state index in [1.807, 2.05) is 0 Å². The van der Waals surface area contributed by atoms with E-state index in [9.17, 15) is 0 Å². The topological polar surface area (TPSA) is 44.3 Å². The Hall–Kier alpha value is -0.320. The highest BCUT2D eigenvalue weighted by molar-refractivity contribution is 5.85. The molecule has 18 heavy (non-hydrogen) atoms. The fourth-order valence-corrected chi connectivity index (χ4v) is 1.43. The van der Waals surface area contributed by atoms with Gasteiger partial charge in [-0.25, -0.2) is 0 Å². The summed E-state index contributed by atoms with van der Waals surface area (Å²) in [6, 6.07) is 8.54. The number of aryl methyl sites for hydroxylation is 1. The molecule has 0 saturated heterocycles. The lowest BCUT2D eigenvalue weighted by atomic mass is 10.1. The van der Waals surface area contributed by atoms with Crippen molar-refractivity contribution in [3.8, 4) is 0 Å². The quantitative estimate of drug-likeness (QED) is 0.673. The number of nitrogens with one attached hydrogen (secondary N) is 2. The van der Waals surface area contributed by atoms with E-state index in [0.717, 1.165) is 19.6 Å². The maximum Gasteiger partial charge on any atom is 0.0636 e. The standard InChI is InChI=1S/C13H22N2O.2ClH/c1-11-3-5-13(6-4-11)10-15-8-7-14-9-12(2)16;;/h3-6,12,14-16H,7-10H2,1-2H3;2*1H. The Morgan fingerprint density at radius 1 is 1.06 bits per heavy atom. The van der Waals surface area contributed by atoms with Gasteiger partial charge in [-0.15, -0.1) is 24.8 Å². The largest absolute Gasteiger partial charge is 0.392 e. The van der Waals surface area contributed by atoms with E-state index in [1.165, 1.54) is 11.1 Å². The van der Waals surface area contributed by atoms with Crippen LogP contribution >= 0.6 is 24.8 Å². The fraction of sp³-hybridized carbons (Fsp3) is 0.538. The fourth-order valence-electron chi connectivity index (χ4n) is 1.43. The molecule has 1 rings (SSSR count). The number of benzene rings is 1. The van der Waals surface area contributed by atoms with Crippen molar-refractivity contribution in [1.82, 2.24) is 10.6 Å². The molecule has 0 bridgehead atoms. The van der Waals surface area contributed by atoms with Gasteiger partial charge in [-0.05, 0) is 19.4 Å². The van der Waals surface area contributed by atoms with Crippen LogP contribution in [0.1, 0.15) is 18.1 Å². The zero-order chi connectivity index (χ0) is 11.8. The Bertz CT molecular complexity index is 292. The van der Waals surface area contributed by atoms with E-state index >= 15 is 0 Å². The van der Waals surface area contributed by atoms with Crippen LogP contribution in [0.5, 0.6) is 0 Å². The van der Waals surface area contributed by atoms with E-state index in [0.29, 0.717) is 6.54 Å². The summed E-state index contributed by atoms with van der Waals surface area (Å²) in [5.41, 5.74) is 2.60. The summed E-state index contributed by atoms with van der Waals surface area (Å²) >= 11 is 0. The van der Waals surface area contributed by atoms with Gasteiger partial charge >= 0.3 is 0 Å². The second-order valence-electron chi connectivity index (χ2n) is 4.22. The van der Waals surface area contributed by atoms with Gasteiger partial charge in [0.05, 0.1) is 6.10 Å². The van der Waals surface area contributed by atoms with Gasteiger partial charge in [0.25, 0.3) is 0 Å². The third kappa shape index (κ3) is 9.68. The first-order chi connectivity index (χ1) is 7.68. The van der Waals surface area contributed by atoms with Crippen molar-refractivity contribution >= 4 is 24.8 Å². The number of aliphatic hydroxyl groups excluding tert-OH is 1. The minimum Gasteiger partial charge on any atom is -0.392 e. The van der Waals surface area contributed by atoms with Gasteiger partial charge in [0.1, 0.15) is 0 Å². The van der Waals surface area contributed by atoms with E-state index in [1.54, 1.807) is 6.92 Å². The summed E-state index contributed by atoms with van der Waals surface area (Å²) in [5, 5.41) is 15.5. The molecule has 1 unspecified atom stereocenters. The number of hydrogen-bond acceptors (Lipinski definition) is 3. The minimum absolute atomic E-state index is 0. The number of hydrogen-bond donors (Lipinski definition) is 3. The lowest BCUT2D eigenvalue weighted by molar-refractivity contribution is 0.191. The average molecular weight is 295 g/mol. The molecule has 0 aromatic heterocycles. The molecule has 1 atom stereocenters. The molecule has 0 saturated carbocycles. The number of rotatable bonds is 7. The molecule has 0 amide bonds. The highest BCUT2D eigenvalue weighted by atomic mass is 35.5. The first-order valence-corrected chi connectivity index (χ1v) is 5.83. The summed E-state index contributed by atoms with van der Waals surface area (Å²) in [5.74, 6) is 0. The zero-order valence-corrected chi connectivity index (χ0v) is 12.6. The van der Waals surface area contributed by atoms with E-state index in [4.69, 9.17) is 5.11 Å². The highest BCUT2D eigenvalue weighted by Gasteiger charge is 1.94. The smallest absolute Gasteiger partial charge is 0.0636 e. The van der Waals surface area contributed by atoms with Crippen molar-refractivity contribution in [2.75, 3.05) is 19.6 Å². The summed E-state index contributed by atoms with van der Waals surface area (Å²) in [7, 11) is 0. The van der Waals surface area contributed by atoms with Crippen molar-refractivity contribution in [2.45, 2.75) is 26.5 Å². The summed E-state index contributed by atoms with van der Waals surface area (Å²) in [4.78, 5) is 0. The van der Waals surface area contributed by atoms with Crippen LogP contribution in [0.4, 0.5) is 0 Å². The van der Waals surface area contributed by atoms with Gasteiger partial charge in [-0.1, -0.05) is 29.8 Å². The third-order valence-corrected chi connectivity index (χ3v) is 2.37. The van der Waals surface area contributed by atoms with Gasteiger partial charge in [0.15, 0.2) is 0 Å². The molecule has 0 aliphatic rings. The van der Waals surface area contributed by atoms with Gasteiger partial charge in [-0.3, -0.25) is 0 Å². The Morgan fingerprint density at radius 3 is 2.17 bits per heavy atom. The molecule has 5 heteroatoms. The van der Waals surface area contributed by atoms with Gasteiger partial charge in [0.2, 0.25) is 0 Å². The first kappa shape index (κ1) is 20.0. The van der Waals surface area contributed by atoms with Crippen LogP contribution in [0.2, 0.25) is 0 Å². The van der Waals surface area contributed by atoms with Crippen molar-refractivity contribution in [3.05, 3.63) is 35.4 Å². The first-order valence-electron chi connectivity index (χ1n) is 5.83. The van der Waals surface area contributed by atoms with Crippen molar-refractivity contribution in [2.24, 2.45) is 0 Å². The molecular formula is C13H24Cl2N2O. The molecule has 3 N–H and O–H groups in total. The second kappa shape index (κ2) is 11.8. The average Bonchev–Trinajstić information content (AvgIpc) is 2.25. The van der Waals surface area contributed by atoms with Crippen LogP contribution in [0, 0.1) is 6.92 Å². The molecular weight excluding hydrogens is 271 g/mol. The molecule has 1 aromatic rings. The van der Waals surface area contributed by atoms with Crippen LogP contribution in [0.15, 0.2) is 24.3 Å². The predicted octanol–water partition coefficient (Wildman–Crippen LogP) is 1.90. The van der Waals surface area contributed by atoms with E-state index in [2.05, 4.69) is 41.8 Å². The highest BCUT2D eigenvalue weighted by Crippen LogP contribution is 2.01. The van der Waals surface area contributed by atoms with Crippen LogP contribution in [0.3, 0.4) is 0 Å². The summed E-state index contributed by atoms with van der Waals surface area (Å²) in [6.07, 6.45) is -0.267. The molecule has 0 heterocycles. The van der Waals surface area contributed by atoms with Crippen molar-refractivity contribution in [3.63, 3.8) is 0 Å². The van der Waals surface area contributed by atoms with Crippen LogP contribution < -0.4 is 10.6 Å². The predicted molar refractivity (Wildman–Crippen MR) is 81.9 cm³/mol. The van der Waals surface area contributed by atoms with Gasteiger partial charge < -0.3 is 15.7 Å². The Labute approximate surface area is 122 Å². The maximum absolute atomic E-state index is 9.03. The van der Waals surface area contributed by atoms with E-state index < -0.39 is 0 Å². The number of halogens is 2. The molecule has 3 nitrogen and oxygen atoms in total. The van der Waals surface area contributed by atoms with Gasteiger partial charge in [0, 0.05) is 26.2 Å².